The summed E-state index contributed by atoms with van der Waals surface area (Å²) in [6.07, 6.45) is 1.01. The first kappa shape index (κ1) is 3.40. The standard InChI is InChI=1S/C4H6O2/c1-3-6-4(2)5/h3H,1H2,2H3/i2D. The summed E-state index contributed by atoms with van der Waals surface area (Å²) in [4.78, 5) is 9.93. The van der Waals surface area contributed by atoms with Crippen molar-refractivity contribution in [3.63, 3.8) is 0 Å². The third-order valence-electron chi connectivity index (χ3n) is 0.215. The third-order valence-corrected chi connectivity index (χ3v) is 0.215. The molecule has 0 atom stereocenters. The predicted octanol–water partition coefficient (Wildman–Crippen LogP) is 0.693. The van der Waals surface area contributed by atoms with Crippen molar-refractivity contribution in [2.24, 2.45) is 0 Å². The summed E-state index contributed by atoms with van der Waals surface area (Å²) in [6, 6.07) is 0. The Kier molecular flexibility index (Phi) is 1.39. The molecule has 0 aliphatic rings. The van der Waals surface area contributed by atoms with Crippen molar-refractivity contribution in [3.8, 4) is 0 Å². The minimum absolute atomic E-state index is 0.341. The van der Waals surface area contributed by atoms with Gasteiger partial charge in [-0.25, -0.2) is 0 Å². The first-order chi connectivity index (χ1) is 3.31. The van der Waals surface area contributed by atoms with Crippen molar-refractivity contribution in [1.29, 1.82) is 0 Å². The van der Waals surface area contributed by atoms with E-state index in [0.717, 1.165) is 6.26 Å². The van der Waals surface area contributed by atoms with Gasteiger partial charge in [0.25, 0.3) is 0 Å². The molecule has 0 N–H and O–H groups in total. The number of carbonyl (C=O) groups excluding carboxylic acids is 1. The van der Waals surface area contributed by atoms with Crippen LogP contribution in [0.25, 0.3) is 0 Å². The summed E-state index contributed by atoms with van der Waals surface area (Å²) in [5.41, 5.74) is 0. The van der Waals surface area contributed by atoms with Gasteiger partial charge in [0, 0.05) is 8.27 Å². The molecule has 0 fully saturated rings. The van der Waals surface area contributed by atoms with E-state index < -0.39 is 5.97 Å². The van der Waals surface area contributed by atoms with Crippen LogP contribution in [0, 0.1) is 0 Å². The highest BCUT2D eigenvalue weighted by atomic mass is 16.5. The van der Waals surface area contributed by atoms with Crippen LogP contribution in [0.1, 0.15) is 8.27 Å². The molecule has 0 saturated carbocycles. The lowest BCUT2D eigenvalue weighted by Crippen LogP contribution is -1.87. The Balaban J connectivity index is 3.17. The van der Waals surface area contributed by atoms with E-state index in [1.54, 1.807) is 0 Å². The zero-order valence-electron chi connectivity index (χ0n) is 4.31. The molecule has 0 spiro atoms. The van der Waals surface area contributed by atoms with Crippen LogP contribution in [0.2, 0.25) is 0 Å². The Morgan fingerprint density at radius 3 is 3.17 bits per heavy atom. The maximum Gasteiger partial charge on any atom is 0.307 e. The summed E-state index contributed by atoms with van der Waals surface area (Å²) < 4.78 is 10.5. The van der Waals surface area contributed by atoms with E-state index in [4.69, 9.17) is 1.37 Å². The first-order valence-corrected chi connectivity index (χ1v) is 1.41. The maximum atomic E-state index is 9.93. The second-order valence-electron chi connectivity index (χ2n) is 0.657. The van der Waals surface area contributed by atoms with Gasteiger partial charge in [-0.3, -0.25) is 4.79 Å². The van der Waals surface area contributed by atoms with Gasteiger partial charge in [-0.1, -0.05) is 6.58 Å². The van der Waals surface area contributed by atoms with E-state index in [1.165, 1.54) is 0 Å². The van der Waals surface area contributed by atoms with Crippen LogP contribution in [0.15, 0.2) is 12.8 Å². The average molecular weight is 87.1 g/mol. The van der Waals surface area contributed by atoms with Gasteiger partial charge in [0.2, 0.25) is 0 Å². The smallest absolute Gasteiger partial charge is 0.307 e. The van der Waals surface area contributed by atoms with Gasteiger partial charge in [0.15, 0.2) is 0 Å². The van der Waals surface area contributed by atoms with Gasteiger partial charge >= 0.3 is 5.97 Å². The molecule has 0 aromatic heterocycles. The summed E-state index contributed by atoms with van der Waals surface area (Å²) in [6.45, 7) is 2.78. The van der Waals surface area contributed by atoms with Gasteiger partial charge in [-0.15, -0.1) is 0 Å². The Morgan fingerprint density at radius 2 is 3.00 bits per heavy atom. The largest absolute Gasteiger partial charge is 0.435 e. The van der Waals surface area contributed by atoms with Gasteiger partial charge in [0.1, 0.15) is 0 Å². The molecule has 0 aliphatic carbocycles. The number of esters is 1. The number of ether oxygens (including phenoxy) is 1. The lowest BCUT2D eigenvalue weighted by molar-refractivity contribution is -0.135. The van der Waals surface area contributed by atoms with Crippen molar-refractivity contribution in [2.75, 3.05) is 0 Å². The van der Waals surface area contributed by atoms with Gasteiger partial charge in [-0.05, 0) is 0 Å². The Hall–Kier alpha value is -0.790. The topological polar surface area (TPSA) is 26.3 Å². The van der Waals surface area contributed by atoms with Crippen molar-refractivity contribution in [1.82, 2.24) is 0 Å². The molecule has 0 rings (SSSR count). The van der Waals surface area contributed by atoms with Gasteiger partial charge in [0.05, 0.1) is 6.26 Å². The first-order valence-electron chi connectivity index (χ1n) is 2.11. The Bertz CT molecular complexity index is 79.8. The van der Waals surface area contributed by atoms with Crippen LogP contribution < -0.4 is 0 Å². The quantitative estimate of drug-likeness (QED) is 0.347. The molecule has 0 aromatic carbocycles. The number of hydrogen-bond acceptors (Lipinski definition) is 2. The molecule has 0 aromatic rings. The fraction of sp³-hybridized carbons (Fsp3) is 0.250. The van der Waals surface area contributed by atoms with Crippen molar-refractivity contribution >= 4 is 5.97 Å². The zero-order chi connectivity index (χ0) is 5.70. The molecule has 0 radical (unpaired) electrons. The van der Waals surface area contributed by atoms with Crippen LogP contribution in [-0.2, 0) is 9.53 Å². The van der Waals surface area contributed by atoms with Gasteiger partial charge < -0.3 is 4.74 Å². The fourth-order valence-electron chi connectivity index (χ4n) is 0.0929. The normalized spacial score (nSPS) is 9.00. The lowest BCUT2D eigenvalue weighted by Gasteiger charge is -1.83. The molecular formula is C4H6O2. The molecule has 0 amide bonds. The lowest BCUT2D eigenvalue weighted by atomic mass is 10.8. The number of rotatable bonds is 1. The number of hydrogen-bond donors (Lipinski definition) is 0. The SMILES string of the molecule is [2H]CC(=O)OC=C. The van der Waals surface area contributed by atoms with Crippen LogP contribution in [0.4, 0.5) is 0 Å². The molecule has 0 aliphatic heterocycles. The zero-order valence-corrected chi connectivity index (χ0v) is 3.31. The third kappa shape index (κ3) is 3.21. The molecule has 34 valence electrons. The fourth-order valence-corrected chi connectivity index (χ4v) is 0.0929. The minimum atomic E-state index is -0.574. The second-order valence-corrected chi connectivity index (χ2v) is 0.657. The van der Waals surface area contributed by atoms with E-state index in [1.807, 2.05) is 0 Å². The molecular weight excluding hydrogens is 80.0 g/mol. The summed E-state index contributed by atoms with van der Waals surface area (Å²) in [7, 11) is 0. The van der Waals surface area contributed by atoms with E-state index in [2.05, 4.69) is 11.3 Å². The highest BCUT2D eigenvalue weighted by Crippen LogP contribution is 1.70. The minimum Gasteiger partial charge on any atom is -0.435 e. The van der Waals surface area contributed by atoms with Crippen LogP contribution in [0.3, 0.4) is 0 Å². The van der Waals surface area contributed by atoms with E-state index in [-0.39, 0.29) is 6.90 Å². The highest BCUT2D eigenvalue weighted by molar-refractivity contribution is 5.66. The molecule has 6 heavy (non-hydrogen) atoms. The summed E-state index contributed by atoms with van der Waals surface area (Å²) >= 11 is 0. The molecule has 0 bridgehead atoms. The summed E-state index contributed by atoms with van der Waals surface area (Å²) in [5, 5.41) is 0. The monoisotopic (exact) mass is 87.0 g/mol. The molecule has 0 saturated heterocycles. The van der Waals surface area contributed by atoms with E-state index in [9.17, 15) is 4.79 Å². The van der Waals surface area contributed by atoms with E-state index >= 15 is 0 Å². The van der Waals surface area contributed by atoms with Crippen LogP contribution in [0.5, 0.6) is 0 Å². The van der Waals surface area contributed by atoms with Crippen LogP contribution in [-0.4, -0.2) is 5.97 Å². The van der Waals surface area contributed by atoms with Crippen molar-refractivity contribution < 1.29 is 10.9 Å². The molecule has 2 heteroatoms. The highest BCUT2D eigenvalue weighted by Gasteiger charge is 1.79. The average Bonchev–Trinajstić information content (AvgIpc) is 1.68. The maximum absolute atomic E-state index is 9.93. The predicted molar refractivity (Wildman–Crippen MR) is 22.0 cm³/mol. The molecule has 0 heterocycles. The van der Waals surface area contributed by atoms with Crippen molar-refractivity contribution in [3.05, 3.63) is 12.8 Å². The molecule has 2 nitrogen and oxygen atoms in total. The number of carbonyl (C=O) groups is 1. The van der Waals surface area contributed by atoms with E-state index in [0.29, 0.717) is 0 Å². The summed E-state index contributed by atoms with van der Waals surface area (Å²) in [5.74, 6) is -0.574. The van der Waals surface area contributed by atoms with Crippen LogP contribution >= 0.6 is 0 Å². The molecule has 0 unspecified atom stereocenters. The van der Waals surface area contributed by atoms with Gasteiger partial charge in [-0.2, -0.15) is 0 Å². The Morgan fingerprint density at radius 1 is 2.33 bits per heavy atom. The van der Waals surface area contributed by atoms with Crippen molar-refractivity contribution in [2.45, 2.75) is 6.90 Å². The second kappa shape index (κ2) is 2.45. The Labute approximate surface area is 37.8 Å².